The molecule has 1 fully saturated rings. The van der Waals surface area contributed by atoms with Crippen molar-refractivity contribution in [2.75, 3.05) is 0 Å². The van der Waals surface area contributed by atoms with E-state index in [1.165, 1.54) is 23.8 Å². The Balaban J connectivity index is 1.43. The summed E-state index contributed by atoms with van der Waals surface area (Å²) in [7, 11) is 0. The summed E-state index contributed by atoms with van der Waals surface area (Å²) in [6.45, 7) is 5.10. The first-order valence-corrected chi connectivity index (χ1v) is 13.4. The number of halogens is 1. The molecule has 1 saturated carbocycles. The third-order valence-corrected chi connectivity index (χ3v) is 7.52. The van der Waals surface area contributed by atoms with Crippen LogP contribution in [0, 0.1) is 17.8 Å². The quantitative estimate of drug-likeness (QED) is 0.311. The predicted molar refractivity (Wildman–Crippen MR) is 143 cm³/mol. The van der Waals surface area contributed by atoms with Crippen molar-refractivity contribution in [2.45, 2.75) is 71.9 Å². The zero-order valence-corrected chi connectivity index (χ0v) is 21.7. The number of nitrogens with zero attached hydrogens (tertiary/aromatic N) is 5. The highest BCUT2D eigenvalue weighted by atomic mass is 19.1. The molecule has 1 N–H and O–H groups in total. The van der Waals surface area contributed by atoms with Crippen molar-refractivity contribution in [2.24, 2.45) is 11.8 Å². The Bertz CT molecular complexity index is 1360. The number of aromatic nitrogens is 6. The smallest absolute Gasteiger partial charge is 0.289 e. The van der Waals surface area contributed by atoms with Gasteiger partial charge in [0.25, 0.3) is 0 Å². The van der Waals surface area contributed by atoms with Crippen LogP contribution in [0.4, 0.5) is 4.39 Å². The summed E-state index contributed by atoms with van der Waals surface area (Å²) >= 11 is 0. The van der Waals surface area contributed by atoms with E-state index in [9.17, 15) is 4.79 Å². The molecule has 0 aliphatic heterocycles. The fourth-order valence-electron chi connectivity index (χ4n) is 5.41. The van der Waals surface area contributed by atoms with E-state index >= 15 is 4.39 Å². The second-order valence-electron chi connectivity index (χ2n) is 10.6. The number of aromatic amines is 1. The number of hydrogen-bond donors (Lipinski definition) is 1. The number of tetrazole rings is 1. The lowest BCUT2D eigenvalue weighted by Crippen LogP contribution is -2.29. The topological polar surface area (TPSA) is 81.4 Å². The standard InChI is InChI=1S/C29H35FN6O/c1-20(2)12-17-26-27(30)36(19-21-8-4-3-5-9-21)29(37)35(26)18-22-13-15-23(16-14-22)24-10-6-7-11-25(24)28-31-33-34-32-28/h6-7,10-11,13-16,20-21H,3-5,8-9,12,17-19H2,1-2H3,(H,31,32,33,34). The summed E-state index contributed by atoms with van der Waals surface area (Å²) in [5.74, 6) is 1.08. The largest absolute Gasteiger partial charge is 0.330 e. The average molecular weight is 503 g/mol. The van der Waals surface area contributed by atoms with Gasteiger partial charge in [-0.1, -0.05) is 81.6 Å². The van der Waals surface area contributed by atoms with Crippen LogP contribution in [0.1, 0.15) is 63.6 Å². The average Bonchev–Trinajstić information content (AvgIpc) is 3.53. The van der Waals surface area contributed by atoms with Crippen molar-refractivity contribution in [3.8, 4) is 22.5 Å². The Labute approximate surface area is 216 Å². The third-order valence-electron chi connectivity index (χ3n) is 7.52. The van der Waals surface area contributed by atoms with Crippen LogP contribution >= 0.6 is 0 Å². The van der Waals surface area contributed by atoms with E-state index in [0.717, 1.165) is 41.5 Å². The van der Waals surface area contributed by atoms with E-state index in [4.69, 9.17) is 0 Å². The van der Waals surface area contributed by atoms with Gasteiger partial charge in [0.2, 0.25) is 5.95 Å². The number of imidazole rings is 1. The number of hydrogen-bond acceptors (Lipinski definition) is 4. The van der Waals surface area contributed by atoms with Gasteiger partial charge in [-0.25, -0.2) is 9.89 Å². The van der Waals surface area contributed by atoms with Crippen LogP contribution in [0.3, 0.4) is 0 Å². The first-order valence-electron chi connectivity index (χ1n) is 13.4. The Morgan fingerprint density at radius 2 is 1.73 bits per heavy atom. The van der Waals surface area contributed by atoms with E-state index in [-0.39, 0.29) is 11.6 Å². The van der Waals surface area contributed by atoms with Gasteiger partial charge in [0, 0.05) is 12.1 Å². The predicted octanol–water partition coefficient (Wildman–Crippen LogP) is 5.85. The Hall–Kier alpha value is -3.55. The molecule has 0 saturated heterocycles. The summed E-state index contributed by atoms with van der Waals surface area (Å²) in [4.78, 5) is 13.5. The van der Waals surface area contributed by atoms with E-state index in [1.807, 2.05) is 48.5 Å². The molecule has 1 aliphatic carbocycles. The summed E-state index contributed by atoms with van der Waals surface area (Å²) in [6, 6.07) is 16.0. The monoisotopic (exact) mass is 502 g/mol. The fourth-order valence-corrected chi connectivity index (χ4v) is 5.41. The molecule has 5 rings (SSSR count). The van der Waals surface area contributed by atoms with Crippen LogP contribution in [0.2, 0.25) is 0 Å². The molecule has 0 radical (unpaired) electrons. The highest BCUT2D eigenvalue weighted by molar-refractivity contribution is 5.80. The van der Waals surface area contributed by atoms with Crippen LogP contribution in [-0.2, 0) is 19.5 Å². The van der Waals surface area contributed by atoms with Gasteiger partial charge in [-0.2, -0.15) is 4.39 Å². The number of rotatable bonds is 9. The minimum atomic E-state index is -0.345. The highest BCUT2D eigenvalue weighted by Crippen LogP contribution is 2.30. The van der Waals surface area contributed by atoms with Gasteiger partial charge in [-0.05, 0) is 64.6 Å². The number of benzene rings is 2. The zero-order chi connectivity index (χ0) is 25.8. The van der Waals surface area contributed by atoms with Gasteiger partial charge in [0.1, 0.15) is 0 Å². The summed E-state index contributed by atoms with van der Waals surface area (Å²) in [5, 5.41) is 14.3. The van der Waals surface area contributed by atoms with Crippen molar-refractivity contribution in [1.82, 2.24) is 29.8 Å². The van der Waals surface area contributed by atoms with Crippen LogP contribution < -0.4 is 5.69 Å². The summed E-state index contributed by atoms with van der Waals surface area (Å²) < 4.78 is 18.7. The van der Waals surface area contributed by atoms with Crippen LogP contribution in [-0.4, -0.2) is 29.8 Å². The maximum Gasteiger partial charge on any atom is 0.330 e. The fraction of sp³-hybridized carbons (Fsp3) is 0.448. The maximum absolute atomic E-state index is 15.6. The van der Waals surface area contributed by atoms with Gasteiger partial charge in [-0.15, -0.1) is 5.10 Å². The molecule has 0 spiro atoms. The number of H-pyrrole nitrogens is 1. The zero-order valence-electron chi connectivity index (χ0n) is 21.7. The van der Waals surface area contributed by atoms with Crippen molar-refractivity contribution >= 4 is 0 Å². The first kappa shape index (κ1) is 25.1. The number of nitrogens with one attached hydrogen (secondary N) is 1. The van der Waals surface area contributed by atoms with Crippen molar-refractivity contribution in [3.63, 3.8) is 0 Å². The van der Waals surface area contributed by atoms with Crippen molar-refractivity contribution in [3.05, 3.63) is 76.2 Å². The maximum atomic E-state index is 15.6. The van der Waals surface area contributed by atoms with Gasteiger partial charge < -0.3 is 0 Å². The molecule has 7 nitrogen and oxygen atoms in total. The second-order valence-corrected chi connectivity index (χ2v) is 10.6. The highest BCUT2D eigenvalue weighted by Gasteiger charge is 2.23. The van der Waals surface area contributed by atoms with Gasteiger partial charge in [-0.3, -0.25) is 9.13 Å². The molecular formula is C29H35FN6O. The molecular weight excluding hydrogens is 467 g/mol. The molecule has 2 aromatic heterocycles. The molecule has 0 atom stereocenters. The van der Waals surface area contributed by atoms with Gasteiger partial charge in [0.05, 0.1) is 12.2 Å². The van der Waals surface area contributed by atoms with Gasteiger partial charge in [0.15, 0.2) is 5.82 Å². The lowest BCUT2D eigenvalue weighted by molar-refractivity contribution is 0.299. The SMILES string of the molecule is CC(C)CCc1c(F)n(CC2CCCCC2)c(=O)n1Cc1ccc(-c2ccccc2-c2nnn[nH]2)cc1. The molecule has 0 bridgehead atoms. The van der Waals surface area contributed by atoms with Crippen molar-refractivity contribution < 1.29 is 4.39 Å². The lowest BCUT2D eigenvalue weighted by atomic mass is 9.89. The minimum Gasteiger partial charge on any atom is -0.289 e. The summed E-state index contributed by atoms with van der Waals surface area (Å²) in [6.07, 6.45) is 7.14. The third kappa shape index (κ3) is 5.58. The first-order chi connectivity index (χ1) is 18.0. The molecule has 2 aromatic carbocycles. The Kier molecular flexibility index (Phi) is 7.63. The molecule has 0 unspecified atom stereocenters. The molecule has 8 heteroatoms. The molecule has 0 amide bonds. The second kappa shape index (κ2) is 11.2. The van der Waals surface area contributed by atoms with E-state index in [2.05, 4.69) is 34.5 Å². The Morgan fingerprint density at radius 3 is 2.41 bits per heavy atom. The molecule has 37 heavy (non-hydrogen) atoms. The van der Waals surface area contributed by atoms with Crippen molar-refractivity contribution in [1.29, 1.82) is 0 Å². The summed E-state index contributed by atoms with van der Waals surface area (Å²) in [5.41, 5.74) is 4.20. The van der Waals surface area contributed by atoms with Crippen LogP contribution in [0.15, 0.2) is 53.3 Å². The molecule has 1 aliphatic rings. The molecule has 194 valence electrons. The minimum absolute atomic E-state index is 0.228. The Morgan fingerprint density at radius 1 is 1.00 bits per heavy atom. The molecule has 2 heterocycles. The van der Waals surface area contributed by atoms with Crippen LogP contribution in [0.5, 0.6) is 0 Å². The van der Waals surface area contributed by atoms with Gasteiger partial charge >= 0.3 is 5.69 Å². The van der Waals surface area contributed by atoms with E-state index < -0.39 is 0 Å². The lowest BCUT2D eigenvalue weighted by Gasteiger charge is -2.21. The van der Waals surface area contributed by atoms with E-state index in [0.29, 0.717) is 42.9 Å². The van der Waals surface area contributed by atoms with E-state index in [1.54, 1.807) is 4.57 Å². The molecule has 4 aromatic rings. The normalized spacial score (nSPS) is 14.5. The van der Waals surface area contributed by atoms with Crippen LogP contribution in [0.25, 0.3) is 22.5 Å².